The van der Waals surface area contributed by atoms with Crippen molar-refractivity contribution in [3.63, 3.8) is 0 Å². The van der Waals surface area contributed by atoms with E-state index in [0.29, 0.717) is 12.1 Å². The normalized spacial score (nSPS) is 33.0. The molecule has 0 saturated carbocycles. The first-order valence-electron chi connectivity index (χ1n) is 4.90. The minimum atomic E-state index is 0.307. The topological polar surface area (TPSA) is 18.8 Å². The summed E-state index contributed by atoms with van der Waals surface area (Å²) in [6, 6.07) is 0.705. The molecule has 3 nitrogen and oxygen atoms in total. The van der Waals surface area contributed by atoms with Gasteiger partial charge in [-0.25, -0.2) is 4.99 Å². The Hall–Kier alpha value is -1.51. The lowest BCUT2D eigenvalue weighted by Gasteiger charge is -2.22. The summed E-state index contributed by atoms with van der Waals surface area (Å²) >= 11 is 0. The Labute approximate surface area is 83.7 Å². The predicted molar refractivity (Wildman–Crippen MR) is 56.7 cm³/mol. The number of aliphatic imine (C=N–C) groups is 1. The van der Waals surface area contributed by atoms with Crippen LogP contribution in [0.3, 0.4) is 0 Å². The summed E-state index contributed by atoms with van der Waals surface area (Å²) in [7, 11) is 2.06. The average Bonchev–Trinajstić information content (AvgIpc) is 2.67. The molecule has 3 heteroatoms. The van der Waals surface area contributed by atoms with Gasteiger partial charge in [0.15, 0.2) is 0 Å². The molecule has 2 heterocycles. The highest BCUT2D eigenvalue weighted by Gasteiger charge is 2.38. The Bertz CT molecular complexity index is 389. The summed E-state index contributed by atoms with van der Waals surface area (Å²) in [5.41, 5.74) is 1.25. The van der Waals surface area contributed by atoms with Gasteiger partial charge in [-0.3, -0.25) is 0 Å². The Morgan fingerprint density at radius 2 is 2.07 bits per heavy atom. The van der Waals surface area contributed by atoms with Gasteiger partial charge >= 0.3 is 0 Å². The van der Waals surface area contributed by atoms with Gasteiger partial charge in [-0.2, -0.15) is 0 Å². The van der Waals surface area contributed by atoms with Crippen molar-refractivity contribution in [2.75, 3.05) is 7.05 Å². The zero-order chi connectivity index (χ0) is 9.71. The number of guanidine groups is 1. The first kappa shape index (κ1) is 7.85. The van der Waals surface area contributed by atoms with Crippen molar-refractivity contribution in [2.24, 2.45) is 4.99 Å². The molecule has 0 amide bonds. The second-order valence-corrected chi connectivity index (χ2v) is 3.92. The highest BCUT2D eigenvalue weighted by molar-refractivity contribution is 5.88. The molecule has 0 spiro atoms. The highest BCUT2D eigenvalue weighted by Crippen LogP contribution is 2.30. The number of nitrogens with zero attached hydrogens (tertiary/aromatic N) is 3. The first-order valence-corrected chi connectivity index (χ1v) is 4.90. The van der Waals surface area contributed by atoms with Crippen molar-refractivity contribution in [1.82, 2.24) is 9.80 Å². The van der Waals surface area contributed by atoms with E-state index in [9.17, 15) is 0 Å². The molecule has 0 bridgehead atoms. The van der Waals surface area contributed by atoms with Gasteiger partial charge in [0.25, 0.3) is 0 Å². The van der Waals surface area contributed by atoms with Crippen molar-refractivity contribution >= 4 is 5.96 Å². The summed E-state index contributed by atoms with van der Waals surface area (Å²) in [4.78, 5) is 9.07. The maximum Gasteiger partial charge on any atom is 0.206 e. The summed E-state index contributed by atoms with van der Waals surface area (Å²) in [5.74, 6) is 1.08. The van der Waals surface area contributed by atoms with Crippen molar-refractivity contribution < 1.29 is 0 Å². The summed E-state index contributed by atoms with van der Waals surface area (Å²) in [6.45, 7) is 2.11. The molecule has 2 aliphatic heterocycles. The molecule has 0 aromatic rings. The van der Waals surface area contributed by atoms with E-state index in [1.807, 2.05) is 0 Å². The fourth-order valence-corrected chi connectivity index (χ4v) is 2.14. The van der Waals surface area contributed by atoms with Crippen LogP contribution in [0.1, 0.15) is 6.92 Å². The van der Waals surface area contributed by atoms with Gasteiger partial charge in [-0.1, -0.05) is 24.3 Å². The Kier molecular flexibility index (Phi) is 1.40. The molecule has 0 aromatic heterocycles. The molecule has 2 atom stereocenters. The van der Waals surface area contributed by atoms with Crippen LogP contribution in [0.2, 0.25) is 0 Å². The number of hydrogen-bond acceptors (Lipinski definition) is 3. The predicted octanol–water partition coefficient (Wildman–Crippen LogP) is 1.33. The van der Waals surface area contributed by atoms with E-state index in [1.54, 1.807) is 0 Å². The van der Waals surface area contributed by atoms with Crippen molar-refractivity contribution in [2.45, 2.75) is 19.0 Å². The summed E-state index contributed by atoms with van der Waals surface area (Å²) < 4.78 is 0. The molecule has 0 radical (unpaired) electrons. The average molecular weight is 187 g/mol. The van der Waals surface area contributed by atoms with E-state index in [1.165, 1.54) is 5.70 Å². The van der Waals surface area contributed by atoms with Crippen molar-refractivity contribution in [3.05, 3.63) is 36.2 Å². The minimum Gasteiger partial charge on any atom is -0.318 e. The molecule has 3 rings (SSSR count). The lowest BCUT2D eigenvalue weighted by atomic mass is 10.0. The third-order valence-corrected chi connectivity index (χ3v) is 3.05. The third-order valence-electron chi connectivity index (χ3n) is 3.05. The maximum atomic E-state index is 4.68. The van der Waals surface area contributed by atoms with Crippen molar-refractivity contribution in [1.29, 1.82) is 0 Å². The second kappa shape index (κ2) is 2.50. The van der Waals surface area contributed by atoms with Gasteiger partial charge in [-0.15, -0.1) is 0 Å². The second-order valence-electron chi connectivity index (χ2n) is 3.92. The van der Waals surface area contributed by atoms with E-state index >= 15 is 0 Å². The molecule has 0 fully saturated rings. The Morgan fingerprint density at radius 1 is 1.29 bits per heavy atom. The maximum absolute atomic E-state index is 4.68. The molecule has 3 aliphatic rings. The largest absolute Gasteiger partial charge is 0.318 e. The molecular weight excluding hydrogens is 174 g/mol. The van der Waals surface area contributed by atoms with Crippen LogP contribution < -0.4 is 0 Å². The van der Waals surface area contributed by atoms with Gasteiger partial charge in [0.2, 0.25) is 5.96 Å². The number of fused-ring (bicyclic) bond motifs is 3. The Balaban J connectivity index is 2.01. The van der Waals surface area contributed by atoms with Gasteiger partial charge in [0.05, 0.1) is 12.1 Å². The molecule has 2 unspecified atom stereocenters. The molecule has 0 N–H and O–H groups in total. The smallest absolute Gasteiger partial charge is 0.206 e. The number of rotatable bonds is 0. The lowest BCUT2D eigenvalue weighted by Crippen LogP contribution is -2.35. The van der Waals surface area contributed by atoms with Gasteiger partial charge < -0.3 is 9.80 Å². The van der Waals surface area contributed by atoms with Gasteiger partial charge in [0.1, 0.15) is 0 Å². The fourth-order valence-electron chi connectivity index (χ4n) is 2.14. The number of hydrogen-bond donors (Lipinski definition) is 0. The van der Waals surface area contributed by atoms with Crippen LogP contribution in [-0.4, -0.2) is 34.9 Å². The van der Waals surface area contributed by atoms with Crippen LogP contribution in [-0.2, 0) is 0 Å². The summed E-state index contributed by atoms with van der Waals surface area (Å²) in [5, 5.41) is 0. The standard InChI is InChI=1S/C11H13N3/c1-8-7-14-10-6-4-3-5-9(10)12-11(14)13(8)2/h3-7,9-10H,1-2H3. The van der Waals surface area contributed by atoms with E-state index in [2.05, 4.69) is 59.3 Å². The molecule has 0 aromatic carbocycles. The van der Waals surface area contributed by atoms with Crippen LogP contribution >= 0.6 is 0 Å². The highest BCUT2D eigenvalue weighted by atomic mass is 15.5. The van der Waals surface area contributed by atoms with E-state index in [-0.39, 0.29) is 0 Å². The molecule has 1 aliphatic carbocycles. The molecular formula is C11H13N3. The molecule has 14 heavy (non-hydrogen) atoms. The minimum absolute atomic E-state index is 0.307. The zero-order valence-electron chi connectivity index (χ0n) is 8.38. The number of allylic oxidation sites excluding steroid dienone is 3. The van der Waals surface area contributed by atoms with E-state index < -0.39 is 0 Å². The molecule has 0 saturated heterocycles. The van der Waals surface area contributed by atoms with Crippen LogP contribution in [0.5, 0.6) is 0 Å². The SMILES string of the molecule is CC1=CN2C(=NC3C=CC=CC32)N1C. The van der Waals surface area contributed by atoms with Gasteiger partial charge in [-0.05, 0) is 6.92 Å². The van der Waals surface area contributed by atoms with Crippen LogP contribution in [0, 0.1) is 0 Å². The van der Waals surface area contributed by atoms with E-state index in [0.717, 1.165) is 5.96 Å². The Morgan fingerprint density at radius 3 is 2.93 bits per heavy atom. The van der Waals surface area contributed by atoms with Crippen molar-refractivity contribution in [3.8, 4) is 0 Å². The van der Waals surface area contributed by atoms with E-state index in [4.69, 9.17) is 0 Å². The van der Waals surface area contributed by atoms with Crippen LogP contribution in [0.25, 0.3) is 0 Å². The monoisotopic (exact) mass is 187 g/mol. The zero-order valence-corrected chi connectivity index (χ0v) is 8.38. The quantitative estimate of drug-likeness (QED) is 0.569. The van der Waals surface area contributed by atoms with Crippen LogP contribution in [0.15, 0.2) is 41.2 Å². The first-order chi connectivity index (χ1) is 6.77. The third kappa shape index (κ3) is 0.842. The summed E-state index contributed by atoms with van der Waals surface area (Å²) in [6.07, 6.45) is 10.7. The van der Waals surface area contributed by atoms with Crippen LogP contribution in [0.4, 0.5) is 0 Å². The molecule has 72 valence electrons. The lowest BCUT2D eigenvalue weighted by molar-refractivity contribution is 0.469. The fraction of sp³-hybridized carbons (Fsp3) is 0.364. The van der Waals surface area contributed by atoms with Gasteiger partial charge in [0, 0.05) is 18.9 Å².